The molecule has 0 amide bonds. The van der Waals surface area contributed by atoms with Gasteiger partial charge in [0.2, 0.25) is 0 Å². The Morgan fingerprint density at radius 2 is 2.00 bits per heavy atom. The quantitative estimate of drug-likeness (QED) is 0.578. The Bertz CT molecular complexity index is 198. The number of esters is 1. The Morgan fingerprint density at radius 3 is 2.38 bits per heavy atom. The standard InChI is InChI=1S/C11H25N3O2/c1-6-14(8-7-13(3)4)9-10(12-2)11(15)16-5/h10,12H,6-9H2,1-5H3. The summed E-state index contributed by atoms with van der Waals surface area (Å²) >= 11 is 0. The van der Waals surface area contributed by atoms with Gasteiger partial charge >= 0.3 is 5.97 Å². The van der Waals surface area contributed by atoms with Gasteiger partial charge < -0.3 is 19.9 Å². The zero-order valence-corrected chi connectivity index (χ0v) is 11.1. The molecule has 0 rings (SSSR count). The topological polar surface area (TPSA) is 44.8 Å². The van der Waals surface area contributed by atoms with E-state index < -0.39 is 0 Å². The monoisotopic (exact) mass is 231 g/mol. The highest BCUT2D eigenvalue weighted by Gasteiger charge is 2.19. The molecule has 0 spiro atoms. The Labute approximate surface area is 98.7 Å². The van der Waals surface area contributed by atoms with E-state index in [9.17, 15) is 4.79 Å². The lowest BCUT2D eigenvalue weighted by Gasteiger charge is -2.25. The SMILES string of the molecule is CCN(CCN(C)C)CC(NC)C(=O)OC. The van der Waals surface area contributed by atoms with Crippen LogP contribution in [0.25, 0.3) is 0 Å². The third-order valence-electron chi connectivity index (χ3n) is 2.59. The van der Waals surface area contributed by atoms with Crippen LogP contribution in [0.2, 0.25) is 0 Å². The normalized spacial score (nSPS) is 13.2. The Morgan fingerprint density at radius 1 is 1.38 bits per heavy atom. The summed E-state index contributed by atoms with van der Waals surface area (Å²) in [6.07, 6.45) is 0. The van der Waals surface area contributed by atoms with Gasteiger partial charge in [-0.25, -0.2) is 0 Å². The molecule has 1 N–H and O–H groups in total. The van der Waals surface area contributed by atoms with E-state index in [-0.39, 0.29) is 12.0 Å². The number of ether oxygens (including phenoxy) is 1. The molecular formula is C11H25N3O2. The minimum absolute atomic E-state index is 0.203. The van der Waals surface area contributed by atoms with E-state index in [0.29, 0.717) is 6.54 Å². The van der Waals surface area contributed by atoms with Gasteiger partial charge in [-0.2, -0.15) is 0 Å². The molecular weight excluding hydrogens is 206 g/mol. The van der Waals surface area contributed by atoms with Crippen molar-refractivity contribution in [1.29, 1.82) is 0 Å². The van der Waals surface area contributed by atoms with Gasteiger partial charge in [0.25, 0.3) is 0 Å². The molecule has 0 aromatic heterocycles. The first-order valence-corrected chi connectivity index (χ1v) is 5.67. The second-order valence-corrected chi connectivity index (χ2v) is 4.06. The van der Waals surface area contributed by atoms with Gasteiger partial charge in [0.15, 0.2) is 0 Å². The summed E-state index contributed by atoms with van der Waals surface area (Å²) in [6, 6.07) is -0.243. The lowest BCUT2D eigenvalue weighted by atomic mass is 10.2. The van der Waals surface area contributed by atoms with Crippen molar-refractivity contribution in [3.63, 3.8) is 0 Å². The lowest BCUT2D eigenvalue weighted by molar-refractivity contribution is -0.143. The molecule has 0 aliphatic carbocycles. The average molecular weight is 231 g/mol. The van der Waals surface area contributed by atoms with Crippen LogP contribution in [0.4, 0.5) is 0 Å². The van der Waals surface area contributed by atoms with Crippen LogP contribution in [-0.2, 0) is 9.53 Å². The summed E-state index contributed by atoms with van der Waals surface area (Å²) in [7, 11) is 7.29. The molecule has 1 atom stereocenters. The second kappa shape index (κ2) is 8.50. The lowest BCUT2D eigenvalue weighted by Crippen LogP contribution is -2.46. The fraction of sp³-hybridized carbons (Fsp3) is 0.909. The highest BCUT2D eigenvalue weighted by Crippen LogP contribution is 1.95. The summed E-state index contributed by atoms with van der Waals surface area (Å²) in [5.74, 6) is -0.203. The molecule has 96 valence electrons. The maximum absolute atomic E-state index is 11.4. The van der Waals surface area contributed by atoms with Crippen LogP contribution in [0.3, 0.4) is 0 Å². The number of carbonyl (C=O) groups excluding carboxylic acids is 1. The van der Waals surface area contributed by atoms with Crippen molar-refractivity contribution in [2.75, 3.05) is 54.4 Å². The number of rotatable bonds is 8. The van der Waals surface area contributed by atoms with Gasteiger partial charge in [-0.15, -0.1) is 0 Å². The van der Waals surface area contributed by atoms with Crippen molar-refractivity contribution >= 4 is 5.97 Å². The average Bonchev–Trinajstić information content (AvgIpc) is 2.28. The first-order valence-electron chi connectivity index (χ1n) is 5.67. The van der Waals surface area contributed by atoms with Crippen molar-refractivity contribution in [3.8, 4) is 0 Å². The van der Waals surface area contributed by atoms with Crippen molar-refractivity contribution in [2.45, 2.75) is 13.0 Å². The minimum atomic E-state index is -0.243. The Balaban J connectivity index is 4.11. The molecule has 16 heavy (non-hydrogen) atoms. The van der Waals surface area contributed by atoms with Gasteiger partial charge in [-0.3, -0.25) is 4.79 Å². The molecule has 0 aromatic carbocycles. The minimum Gasteiger partial charge on any atom is -0.468 e. The molecule has 0 saturated heterocycles. The van der Waals surface area contributed by atoms with E-state index in [4.69, 9.17) is 4.74 Å². The highest BCUT2D eigenvalue weighted by molar-refractivity contribution is 5.75. The van der Waals surface area contributed by atoms with Crippen LogP contribution >= 0.6 is 0 Å². The number of likely N-dealkylation sites (N-methyl/N-ethyl adjacent to an activating group) is 3. The van der Waals surface area contributed by atoms with Crippen LogP contribution in [0.1, 0.15) is 6.92 Å². The number of nitrogens with zero attached hydrogens (tertiary/aromatic N) is 2. The van der Waals surface area contributed by atoms with Gasteiger partial charge in [-0.05, 0) is 27.7 Å². The molecule has 0 heterocycles. The zero-order valence-electron chi connectivity index (χ0n) is 11.1. The molecule has 1 unspecified atom stereocenters. The van der Waals surface area contributed by atoms with Crippen LogP contribution in [-0.4, -0.2) is 76.2 Å². The summed E-state index contributed by atoms with van der Waals surface area (Å²) < 4.78 is 4.74. The van der Waals surface area contributed by atoms with Crippen LogP contribution in [0.5, 0.6) is 0 Å². The van der Waals surface area contributed by atoms with Gasteiger partial charge in [-0.1, -0.05) is 6.92 Å². The molecule has 5 nitrogen and oxygen atoms in total. The highest BCUT2D eigenvalue weighted by atomic mass is 16.5. The third-order valence-corrected chi connectivity index (χ3v) is 2.59. The molecule has 0 aromatic rings. The summed E-state index contributed by atoms with van der Waals surface area (Å²) in [5, 5.41) is 2.98. The summed E-state index contributed by atoms with van der Waals surface area (Å²) in [6.45, 7) is 5.67. The maximum atomic E-state index is 11.4. The van der Waals surface area contributed by atoms with E-state index in [2.05, 4.69) is 22.0 Å². The summed E-state index contributed by atoms with van der Waals surface area (Å²) in [5.41, 5.74) is 0. The van der Waals surface area contributed by atoms with E-state index >= 15 is 0 Å². The van der Waals surface area contributed by atoms with Gasteiger partial charge in [0.1, 0.15) is 6.04 Å². The fourth-order valence-electron chi connectivity index (χ4n) is 1.40. The molecule has 0 aliphatic heterocycles. The predicted molar refractivity (Wildman–Crippen MR) is 65.5 cm³/mol. The van der Waals surface area contributed by atoms with E-state index in [1.807, 2.05) is 14.1 Å². The largest absolute Gasteiger partial charge is 0.468 e. The first-order chi connectivity index (χ1) is 7.54. The van der Waals surface area contributed by atoms with Crippen molar-refractivity contribution in [2.24, 2.45) is 0 Å². The first kappa shape index (κ1) is 15.3. The number of hydrogen-bond donors (Lipinski definition) is 1. The smallest absolute Gasteiger partial charge is 0.324 e. The number of carbonyl (C=O) groups is 1. The van der Waals surface area contributed by atoms with Crippen molar-refractivity contribution in [3.05, 3.63) is 0 Å². The Kier molecular flexibility index (Phi) is 8.15. The number of methoxy groups -OCH3 is 1. The summed E-state index contributed by atoms with van der Waals surface area (Å²) in [4.78, 5) is 15.8. The molecule has 5 heteroatoms. The zero-order chi connectivity index (χ0) is 12.6. The molecule has 0 aliphatic rings. The van der Waals surface area contributed by atoms with Crippen LogP contribution in [0, 0.1) is 0 Å². The van der Waals surface area contributed by atoms with E-state index in [1.54, 1.807) is 7.05 Å². The molecule has 0 radical (unpaired) electrons. The van der Waals surface area contributed by atoms with Gasteiger partial charge in [0, 0.05) is 19.6 Å². The Hall–Kier alpha value is -0.650. The third kappa shape index (κ3) is 6.05. The van der Waals surface area contributed by atoms with Gasteiger partial charge in [0.05, 0.1) is 7.11 Å². The van der Waals surface area contributed by atoms with Crippen molar-refractivity contribution in [1.82, 2.24) is 15.1 Å². The molecule has 0 bridgehead atoms. The molecule has 0 saturated carbocycles. The predicted octanol–water partition coefficient (Wildman–Crippen LogP) is -0.369. The number of hydrogen-bond acceptors (Lipinski definition) is 5. The van der Waals surface area contributed by atoms with Crippen LogP contribution in [0.15, 0.2) is 0 Å². The second-order valence-electron chi connectivity index (χ2n) is 4.06. The fourth-order valence-corrected chi connectivity index (χ4v) is 1.40. The van der Waals surface area contributed by atoms with E-state index in [1.165, 1.54) is 7.11 Å². The van der Waals surface area contributed by atoms with E-state index in [0.717, 1.165) is 19.6 Å². The van der Waals surface area contributed by atoms with Crippen LogP contribution < -0.4 is 5.32 Å². The van der Waals surface area contributed by atoms with Crippen molar-refractivity contribution < 1.29 is 9.53 Å². The number of nitrogens with one attached hydrogen (secondary N) is 1. The molecule has 0 fully saturated rings. The maximum Gasteiger partial charge on any atom is 0.324 e.